The normalized spacial score (nSPS) is 16.5. The molecule has 37 heavy (non-hydrogen) atoms. The number of halogens is 1. The summed E-state index contributed by atoms with van der Waals surface area (Å²) in [7, 11) is 1.31. The number of carbonyl (C=O) groups excluding carboxylic acids is 3. The van der Waals surface area contributed by atoms with Crippen molar-refractivity contribution in [2.45, 2.75) is 24.5 Å². The third-order valence-electron chi connectivity index (χ3n) is 5.75. The Labute approximate surface area is 224 Å². The molecule has 190 valence electrons. The van der Waals surface area contributed by atoms with Crippen LogP contribution in [0.5, 0.6) is 0 Å². The molecule has 1 unspecified atom stereocenters. The standard InChI is InChI=1S/C28H26ClN3O4S/c1-36-27(35)20-9-13-22(14-10-20)30-26(34)24-18-25(33)32(17-5-8-19-6-3-2-4-7-19)28(37-24)31-23-15-11-21(29)12-16-23/h2-4,6-7,9-16,24H,5,8,17-18H2,1H3,(H,30,34). The summed E-state index contributed by atoms with van der Waals surface area (Å²) in [5, 5.41) is 3.25. The number of rotatable bonds is 8. The first-order chi connectivity index (χ1) is 17.9. The summed E-state index contributed by atoms with van der Waals surface area (Å²) in [5.74, 6) is -0.917. The fraction of sp³-hybridized carbons (Fsp3) is 0.214. The molecule has 1 saturated heterocycles. The minimum Gasteiger partial charge on any atom is -0.465 e. The minimum atomic E-state index is -0.649. The molecular weight excluding hydrogens is 510 g/mol. The van der Waals surface area contributed by atoms with Crippen LogP contribution in [0.3, 0.4) is 0 Å². The smallest absolute Gasteiger partial charge is 0.337 e. The number of nitrogens with zero attached hydrogens (tertiary/aromatic N) is 2. The lowest BCUT2D eigenvalue weighted by atomic mass is 10.1. The third kappa shape index (κ3) is 7.21. The fourth-order valence-electron chi connectivity index (χ4n) is 3.80. The summed E-state index contributed by atoms with van der Waals surface area (Å²) in [6, 6.07) is 23.5. The Hall–Kier alpha value is -3.62. The van der Waals surface area contributed by atoms with Crippen LogP contribution in [0.25, 0.3) is 0 Å². The van der Waals surface area contributed by atoms with Crippen molar-refractivity contribution in [2.24, 2.45) is 4.99 Å². The number of hydrogen-bond acceptors (Lipinski definition) is 6. The number of amidine groups is 1. The topological polar surface area (TPSA) is 88.1 Å². The zero-order valence-corrected chi connectivity index (χ0v) is 21.8. The van der Waals surface area contributed by atoms with Crippen LogP contribution >= 0.6 is 23.4 Å². The Bertz CT molecular complexity index is 1280. The first-order valence-electron chi connectivity index (χ1n) is 11.8. The number of thioether (sulfide) groups is 1. The van der Waals surface area contributed by atoms with E-state index in [2.05, 4.69) is 17.4 Å². The van der Waals surface area contributed by atoms with E-state index in [4.69, 9.17) is 21.3 Å². The van der Waals surface area contributed by atoms with Gasteiger partial charge < -0.3 is 10.1 Å². The van der Waals surface area contributed by atoms with Crippen molar-refractivity contribution in [3.63, 3.8) is 0 Å². The van der Waals surface area contributed by atoms with Gasteiger partial charge in [0.25, 0.3) is 0 Å². The van der Waals surface area contributed by atoms with Crippen LogP contribution in [-0.2, 0) is 20.7 Å². The molecule has 4 rings (SSSR count). The predicted molar refractivity (Wildman–Crippen MR) is 147 cm³/mol. The van der Waals surface area contributed by atoms with Crippen molar-refractivity contribution in [3.05, 3.63) is 95.0 Å². The van der Waals surface area contributed by atoms with E-state index in [0.29, 0.717) is 33.7 Å². The molecule has 1 aliphatic heterocycles. The number of anilines is 1. The molecule has 0 spiro atoms. The van der Waals surface area contributed by atoms with Crippen molar-refractivity contribution in [1.82, 2.24) is 4.90 Å². The van der Waals surface area contributed by atoms with E-state index < -0.39 is 11.2 Å². The van der Waals surface area contributed by atoms with Crippen molar-refractivity contribution < 1.29 is 19.1 Å². The van der Waals surface area contributed by atoms with E-state index in [1.807, 2.05) is 18.2 Å². The molecule has 7 nitrogen and oxygen atoms in total. The van der Waals surface area contributed by atoms with Gasteiger partial charge in [-0.25, -0.2) is 9.79 Å². The molecule has 3 aromatic rings. The van der Waals surface area contributed by atoms with Crippen LogP contribution < -0.4 is 5.32 Å². The monoisotopic (exact) mass is 535 g/mol. The number of aryl methyl sites for hydroxylation is 1. The lowest BCUT2D eigenvalue weighted by Crippen LogP contribution is -2.45. The van der Waals surface area contributed by atoms with Crippen LogP contribution in [0.2, 0.25) is 5.02 Å². The molecule has 0 radical (unpaired) electrons. The number of amides is 2. The lowest BCUT2D eigenvalue weighted by molar-refractivity contribution is -0.129. The second-order valence-electron chi connectivity index (χ2n) is 8.37. The number of ether oxygens (including phenoxy) is 1. The highest BCUT2D eigenvalue weighted by Crippen LogP contribution is 2.30. The Morgan fingerprint density at radius 1 is 1.05 bits per heavy atom. The van der Waals surface area contributed by atoms with Gasteiger partial charge in [0.2, 0.25) is 11.8 Å². The molecule has 0 aromatic heterocycles. The van der Waals surface area contributed by atoms with Crippen molar-refractivity contribution in [2.75, 3.05) is 19.0 Å². The number of esters is 1. The molecule has 1 heterocycles. The second-order valence-corrected chi connectivity index (χ2v) is 9.98. The highest BCUT2D eigenvalue weighted by Gasteiger charge is 2.35. The van der Waals surface area contributed by atoms with Gasteiger partial charge in [-0.15, -0.1) is 0 Å². The highest BCUT2D eigenvalue weighted by atomic mass is 35.5. The van der Waals surface area contributed by atoms with Gasteiger partial charge in [0.15, 0.2) is 5.17 Å². The Kier molecular flexibility index (Phi) is 8.98. The first-order valence-corrected chi connectivity index (χ1v) is 13.0. The lowest BCUT2D eigenvalue weighted by Gasteiger charge is -2.32. The largest absolute Gasteiger partial charge is 0.465 e. The van der Waals surface area contributed by atoms with Gasteiger partial charge in [-0.3, -0.25) is 14.5 Å². The van der Waals surface area contributed by atoms with Crippen LogP contribution in [0.4, 0.5) is 11.4 Å². The number of nitrogens with one attached hydrogen (secondary N) is 1. The molecule has 1 atom stereocenters. The summed E-state index contributed by atoms with van der Waals surface area (Å²) in [5.41, 5.74) is 2.75. The second kappa shape index (κ2) is 12.6. The molecule has 3 aromatic carbocycles. The van der Waals surface area contributed by atoms with Crippen molar-refractivity contribution >= 4 is 57.7 Å². The van der Waals surface area contributed by atoms with Gasteiger partial charge in [0.1, 0.15) is 5.25 Å². The number of hydrogen-bond donors (Lipinski definition) is 1. The van der Waals surface area contributed by atoms with Gasteiger partial charge >= 0.3 is 5.97 Å². The van der Waals surface area contributed by atoms with E-state index >= 15 is 0 Å². The maximum atomic E-state index is 13.2. The van der Waals surface area contributed by atoms with Gasteiger partial charge in [-0.05, 0) is 66.9 Å². The van der Waals surface area contributed by atoms with Gasteiger partial charge in [-0.2, -0.15) is 0 Å². The molecule has 0 saturated carbocycles. The Morgan fingerprint density at radius 3 is 2.43 bits per heavy atom. The van der Waals surface area contributed by atoms with E-state index in [1.165, 1.54) is 24.4 Å². The molecule has 1 fully saturated rings. The average molecular weight is 536 g/mol. The summed E-state index contributed by atoms with van der Waals surface area (Å²) in [4.78, 5) is 44.3. The third-order valence-corrected chi connectivity index (χ3v) is 7.19. The number of methoxy groups -OCH3 is 1. The zero-order valence-electron chi connectivity index (χ0n) is 20.2. The summed E-state index contributed by atoms with van der Waals surface area (Å²) in [6.07, 6.45) is 1.65. The zero-order chi connectivity index (χ0) is 26.2. The highest BCUT2D eigenvalue weighted by molar-refractivity contribution is 8.15. The number of benzene rings is 3. The summed E-state index contributed by atoms with van der Waals surface area (Å²) >= 11 is 7.28. The van der Waals surface area contributed by atoms with E-state index in [-0.39, 0.29) is 18.2 Å². The quantitative estimate of drug-likeness (QED) is 0.373. The van der Waals surface area contributed by atoms with Crippen molar-refractivity contribution in [3.8, 4) is 0 Å². The minimum absolute atomic E-state index is 0.0573. The first kappa shape index (κ1) is 26.4. The Balaban J connectivity index is 1.48. The van der Waals surface area contributed by atoms with E-state index in [0.717, 1.165) is 12.8 Å². The van der Waals surface area contributed by atoms with Gasteiger partial charge in [0.05, 0.1) is 18.4 Å². The molecule has 9 heteroatoms. The molecule has 2 amide bonds. The molecule has 0 bridgehead atoms. The maximum Gasteiger partial charge on any atom is 0.337 e. The predicted octanol–water partition coefficient (Wildman–Crippen LogP) is 5.72. The van der Waals surface area contributed by atoms with Crippen LogP contribution in [0, 0.1) is 0 Å². The molecular formula is C28H26ClN3O4S. The van der Waals surface area contributed by atoms with Crippen LogP contribution in [-0.4, -0.2) is 46.8 Å². The Morgan fingerprint density at radius 2 is 1.76 bits per heavy atom. The molecule has 1 aliphatic rings. The summed E-state index contributed by atoms with van der Waals surface area (Å²) < 4.78 is 4.70. The average Bonchev–Trinajstić information content (AvgIpc) is 2.91. The molecule has 0 aliphatic carbocycles. The molecule has 1 N–H and O–H groups in total. The number of aliphatic imine (C=N–C) groups is 1. The maximum absolute atomic E-state index is 13.2. The SMILES string of the molecule is COC(=O)c1ccc(NC(=O)C2CC(=O)N(CCCc3ccccc3)C(=Nc3ccc(Cl)cc3)S2)cc1. The fourth-order valence-corrected chi connectivity index (χ4v) is 5.05. The van der Waals surface area contributed by atoms with Crippen LogP contribution in [0.15, 0.2) is 83.9 Å². The van der Waals surface area contributed by atoms with Gasteiger partial charge in [0, 0.05) is 23.7 Å². The van der Waals surface area contributed by atoms with E-state index in [1.54, 1.807) is 53.4 Å². The van der Waals surface area contributed by atoms with E-state index in [9.17, 15) is 14.4 Å². The van der Waals surface area contributed by atoms with Crippen molar-refractivity contribution in [1.29, 1.82) is 0 Å². The number of carbonyl (C=O) groups is 3. The summed E-state index contributed by atoms with van der Waals surface area (Å²) in [6.45, 7) is 0.497. The van der Waals surface area contributed by atoms with Crippen LogP contribution in [0.1, 0.15) is 28.8 Å². The van der Waals surface area contributed by atoms with Gasteiger partial charge in [-0.1, -0.05) is 53.7 Å².